The number of pyridine rings is 1. The summed E-state index contributed by atoms with van der Waals surface area (Å²) in [4.78, 5) is 36.8. The minimum absolute atomic E-state index is 0. The predicted octanol–water partition coefficient (Wildman–Crippen LogP) is 4.73. The van der Waals surface area contributed by atoms with Crippen LogP contribution in [0.2, 0.25) is 5.02 Å². The topological polar surface area (TPSA) is 73.7 Å². The van der Waals surface area contributed by atoms with Gasteiger partial charge in [-0.1, -0.05) is 18.5 Å². The number of nitrogens with one attached hydrogen (secondary N) is 1. The minimum atomic E-state index is -0.159. The van der Waals surface area contributed by atoms with Crippen LogP contribution >= 0.6 is 11.6 Å². The Balaban J connectivity index is 0.00000370. The number of carbonyl (C=O) groups is 2. The third-order valence-corrected chi connectivity index (χ3v) is 8.24. The number of anilines is 1. The lowest BCUT2D eigenvalue weighted by Crippen LogP contribution is -2.58. The van der Waals surface area contributed by atoms with Gasteiger partial charge in [0.25, 0.3) is 11.8 Å². The first-order chi connectivity index (χ1) is 19.0. The van der Waals surface area contributed by atoms with Gasteiger partial charge in [0.05, 0.1) is 10.6 Å². The molecule has 0 unspecified atom stereocenters. The molecule has 2 amide bonds. The molecule has 1 atom stereocenters. The first kappa shape index (κ1) is 27.2. The smallest absolute Gasteiger partial charge is 0.253 e. The fourth-order valence-electron chi connectivity index (χ4n) is 5.82. The Kier molecular flexibility index (Phi) is 8.53. The molecule has 2 fully saturated rings. The first-order valence-electron chi connectivity index (χ1n) is 14.0. The van der Waals surface area contributed by atoms with Crippen LogP contribution in [-0.4, -0.2) is 82.5 Å². The summed E-state index contributed by atoms with van der Waals surface area (Å²) < 4.78 is 2.04. The molecule has 1 aromatic carbocycles. The van der Waals surface area contributed by atoms with Crippen LogP contribution in [0.5, 0.6) is 0 Å². The molecule has 5 rings (SSSR count). The number of likely N-dealkylation sites (tertiary alicyclic amines) is 1. The average Bonchev–Trinajstić information content (AvgIpc) is 3.52. The molecule has 0 aliphatic carbocycles. The second kappa shape index (κ2) is 12.2. The number of hydrogen-bond donors (Lipinski definition) is 1. The van der Waals surface area contributed by atoms with Crippen molar-refractivity contribution in [2.24, 2.45) is 0 Å². The Bertz CT molecular complexity index is 1280. The summed E-state index contributed by atoms with van der Waals surface area (Å²) in [6.45, 7) is 8.82. The molecule has 9 heteroatoms. The molecule has 0 radical (unpaired) electrons. The van der Waals surface area contributed by atoms with Crippen molar-refractivity contribution in [2.45, 2.75) is 45.2 Å². The van der Waals surface area contributed by atoms with E-state index in [-0.39, 0.29) is 13.2 Å². The summed E-state index contributed by atoms with van der Waals surface area (Å²) in [5.41, 5.74) is 2.27. The van der Waals surface area contributed by atoms with Crippen molar-refractivity contribution in [1.82, 2.24) is 24.7 Å². The maximum absolute atomic E-state index is 13.2. The normalized spacial score (nSPS) is 18.8. The number of amides is 2. The second-order valence-electron chi connectivity index (χ2n) is 10.3. The van der Waals surface area contributed by atoms with Gasteiger partial charge in [-0.25, -0.2) is 4.98 Å². The highest BCUT2D eigenvalue weighted by molar-refractivity contribution is 6.33. The highest BCUT2D eigenvalue weighted by Crippen LogP contribution is 2.30. The van der Waals surface area contributed by atoms with Crippen LogP contribution in [-0.2, 0) is 0 Å². The van der Waals surface area contributed by atoms with E-state index >= 15 is 0 Å². The lowest BCUT2D eigenvalue weighted by molar-refractivity contribution is 0.0490. The van der Waals surface area contributed by atoms with E-state index in [1.165, 1.54) is 0 Å². The van der Waals surface area contributed by atoms with Crippen LogP contribution in [0.25, 0.3) is 5.69 Å². The summed E-state index contributed by atoms with van der Waals surface area (Å²) in [7, 11) is 0. The maximum atomic E-state index is 13.2. The van der Waals surface area contributed by atoms with Crippen LogP contribution in [0.4, 0.5) is 5.82 Å². The van der Waals surface area contributed by atoms with Gasteiger partial charge < -0.3 is 19.7 Å². The fraction of sp³-hybridized carbons (Fsp3) is 0.433. The number of piperidine rings is 1. The molecule has 4 heterocycles. The Labute approximate surface area is 237 Å². The second-order valence-corrected chi connectivity index (χ2v) is 10.7. The first-order valence-corrected chi connectivity index (χ1v) is 14.3. The summed E-state index contributed by atoms with van der Waals surface area (Å²) in [5.74, 6) is 0.695. The van der Waals surface area contributed by atoms with Crippen molar-refractivity contribution < 1.29 is 11.0 Å². The standard InChI is InChI=1S/C30H37ClN6O2.H2/c1-3-24-21-36(28-27(31)19-23(20-33-28)29(38)32-4-2)17-18-37(24)26-11-15-35(16-12-26)30(39)22-7-9-25(10-8-22)34-13-5-6-14-34;/h5-10,13-14,19-20,24,26H,3-4,11-12,15-18,21H2,1-2H3,(H,32,38);1H/t24-;/m0./s1. The van der Waals surface area contributed by atoms with Gasteiger partial charge in [-0.3, -0.25) is 14.5 Å². The lowest BCUT2D eigenvalue weighted by atomic mass is 9.97. The zero-order chi connectivity index (χ0) is 27.4. The van der Waals surface area contributed by atoms with Crippen LogP contribution in [0.15, 0.2) is 61.1 Å². The molecular weight excluding hydrogens is 512 g/mol. The summed E-state index contributed by atoms with van der Waals surface area (Å²) in [5, 5.41) is 3.30. The fourth-order valence-corrected chi connectivity index (χ4v) is 6.11. The molecule has 0 spiro atoms. The molecule has 2 saturated heterocycles. The van der Waals surface area contributed by atoms with Crippen molar-refractivity contribution in [2.75, 3.05) is 44.2 Å². The number of benzene rings is 1. The number of halogens is 1. The largest absolute Gasteiger partial charge is 0.353 e. The zero-order valence-electron chi connectivity index (χ0n) is 22.7. The Morgan fingerprint density at radius 1 is 1.03 bits per heavy atom. The van der Waals surface area contributed by atoms with E-state index in [0.29, 0.717) is 29.2 Å². The average molecular weight is 551 g/mol. The van der Waals surface area contributed by atoms with E-state index in [9.17, 15) is 9.59 Å². The van der Waals surface area contributed by atoms with Crippen LogP contribution in [0.1, 0.15) is 55.3 Å². The Morgan fingerprint density at radius 2 is 1.74 bits per heavy atom. The number of hydrogen-bond acceptors (Lipinski definition) is 5. The van der Waals surface area contributed by atoms with E-state index in [4.69, 9.17) is 11.6 Å². The summed E-state index contributed by atoms with van der Waals surface area (Å²) >= 11 is 6.58. The van der Waals surface area contributed by atoms with Crippen molar-refractivity contribution in [3.63, 3.8) is 0 Å². The van der Waals surface area contributed by atoms with E-state index in [1.807, 2.05) is 65.2 Å². The monoisotopic (exact) mass is 550 g/mol. The van der Waals surface area contributed by atoms with Crippen molar-refractivity contribution in [3.8, 4) is 5.69 Å². The van der Waals surface area contributed by atoms with Crippen LogP contribution in [0, 0.1) is 0 Å². The number of piperazine rings is 1. The van der Waals surface area contributed by atoms with Gasteiger partial charge in [0.2, 0.25) is 0 Å². The number of rotatable bonds is 7. The quantitative estimate of drug-likeness (QED) is 0.460. The van der Waals surface area contributed by atoms with Gasteiger partial charge in [0.1, 0.15) is 5.82 Å². The van der Waals surface area contributed by atoms with Crippen LogP contribution in [0.3, 0.4) is 0 Å². The van der Waals surface area contributed by atoms with Gasteiger partial charge in [-0.2, -0.15) is 0 Å². The molecule has 8 nitrogen and oxygen atoms in total. The molecule has 2 aliphatic rings. The van der Waals surface area contributed by atoms with E-state index in [0.717, 1.165) is 69.1 Å². The van der Waals surface area contributed by atoms with Gasteiger partial charge in [-0.15, -0.1) is 0 Å². The SMILES string of the molecule is CCNC(=O)c1cnc(N2CCN(C3CCN(C(=O)c4ccc(-n5cccc5)cc4)CC3)[C@@H](CC)C2)c(Cl)c1.[HH]. The molecule has 0 bridgehead atoms. The van der Waals surface area contributed by atoms with Gasteiger partial charge in [0, 0.05) is 82.6 Å². The van der Waals surface area contributed by atoms with Crippen LogP contribution < -0.4 is 10.2 Å². The van der Waals surface area contributed by atoms with Gasteiger partial charge >= 0.3 is 0 Å². The zero-order valence-corrected chi connectivity index (χ0v) is 23.5. The van der Waals surface area contributed by atoms with E-state index < -0.39 is 0 Å². The van der Waals surface area contributed by atoms with Crippen molar-refractivity contribution in [1.29, 1.82) is 0 Å². The summed E-state index contributed by atoms with van der Waals surface area (Å²) in [6.07, 6.45) is 8.59. The van der Waals surface area contributed by atoms with E-state index in [1.54, 1.807) is 12.3 Å². The van der Waals surface area contributed by atoms with Gasteiger partial charge in [0.15, 0.2) is 0 Å². The number of aromatic nitrogens is 2. The molecule has 2 aliphatic heterocycles. The molecule has 208 valence electrons. The highest BCUT2D eigenvalue weighted by Gasteiger charge is 2.35. The maximum Gasteiger partial charge on any atom is 0.253 e. The Hall–Kier alpha value is -3.36. The predicted molar refractivity (Wildman–Crippen MR) is 157 cm³/mol. The minimum Gasteiger partial charge on any atom is -0.353 e. The molecule has 39 heavy (non-hydrogen) atoms. The third kappa shape index (κ3) is 5.97. The molecule has 2 aromatic heterocycles. The van der Waals surface area contributed by atoms with Gasteiger partial charge in [-0.05, 0) is 68.7 Å². The molecule has 0 saturated carbocycles. The van der Waals surface area contributed by atoms with E-state index in [2.05, 4.69) is 27.0 Å². The summed E-state index contributed by atoms with van der Waals surface area (Å²) in [6, 6.07) is 14.4. The molecule has 3 aromatic rings. The van der Waals surface area contributed by atoms with Crippen molar-refractivity contribution in [3.05, 3.63) is 77.2 Å². The van der Waals surface area contributed by atoms with Crippen molar-refractivity contribution >= 4 is 29.2 Å². The number of carbonyl (C=O) groups excluding carboxylic acids is 2. The lowest BCUT2D eigenvalue weighted by Gasteiger charge is -2.47. The molecular formula is C30H39ClN6O2. The third-order valence-electron chi connectivity index (χ3n) is 7.96. The highest BCUT2D eigenvalue weighted by atomic mass is 35.5. The number of nitrogens with zero attached hydrogens (tertiary/aromatic N) is 5. The Morgan fingerprint density at radius 3 is 2.38 bits per heavy atom. The molecule has 1 N–H and O–H groups in total.